The molecule has 0 spiro atoms. The first-order chi connectivity index (χ1) is 6.03. The Hall–Kier alpha value is 0.310. The predicted molar refractivity (Wildman–Crippen MR) is 62.4 cm³/mol. The van der Waals surface area contributed by atoms with Crippen molar-refractivity contribution in [3.8, 4) is 0 Å². The number of hydrogen-bond acceptors (Lipinski definition) is 2. The Labute approximate surface area is 87.1 Å². The van der Waals surface area contributed by atoms with Gasteiger partial charge in [0.1, 0.15) is 0 Å². The smallest absolute Gasteiger partial charge is 0.0225 e. The zero-order chi connectivity index (χ0) is 9.90. The van der Waals surface area contributed by atoms with Crippen LogP contribution >= 0.6 is 11.8 Å². The second kappa shape index (κ2) is 4.70. The average molecular weight is 201 g/mol. The van der Waals surface area contributed by atoms with Crippen molar-refractivity contribution in [2.45, 2.75) is 50.8 Å². The van der Waals surface area contributed by atoms with E-state index in [0.29, 0.717) is 4.75 Å². The van der Waals surface area contributed by atoms with Crippen molar-refractivity contribution in [3.63, 3.8) is 0 Å². The lowest BCUT2D eigenvalue weighted by molar-refractivity contribution is 0.475. The summed E-state index contributed by atoms with van der Waals surface area (Å²) in [5.74, 6) is 0.940. The Morgan fingerprint density at radius 1 is 1.38 bits per heavy atom. The average Bonchev–Trinajstić information content (AvgIpc) is 2.48. The topological polar surface area (TPSA) is 12.0 Å². The van der Waals surface area contributed by atoms with Crippen LogP contribution in [0, 0.1) is 5.92 Å². The summed E-state index contributed by atoms with van der Waals surface area (Å²) in [5.41, 5.74) is 0. The third kappa shape index (κ3) is 3.90. The first kappa shape index (κ1) is 11.4. The summed E-state index contributed by atoms with van der Waals surface area (Å²) in [6, 6.07) is 0.793. The van der Waals surface area contributed by atoms with Crippen LogP contribution in [0.25, 0.3) is 0 Å². The van der Waals surface area contributed by atoms with E-state index in [1.54, 1.807) is 0 Å². The maximum atomic E-state index is 3.68. The molecule has 1 aliphatic carbocycles. The van der Waals surface area contributed by atoms with Crippen LogP contribution in [-0.4, -0.2) is 23.6 Å². The molecule has 0 bridgehead atoms. The second-order valence-electron chi connectivity index (χ2n) is 4.96. The summed E-state index contributed by atoms with van der Waals surface area (Å²) in [6.07, 6.45) is 6.37. The lowest BCUT2D eigenvalue weighted by Crippen LogP contribution is -2.37. The van der Waals surface area contributed by atoms with Crippen LogP contribution in [0.3, 0.4) is 0 Å². The first-order valence-corrected chi connectivity index (χ1v) is 6.54. The molecule has 2 heteroatoms. The van der Waals surface area contributed by atoms with Crippen LogP contribution in [0.4, 0.5) is 0 Å². The fourth-order valence-corrected chi connectivity index (χ4v) is 2.08. The molecular weight excluding hydrogens is 178 g/mol. The van der Waals surface area contributed by atoms with Gasteiger partial charge < -0.3 is 5.32 Å². The molecule has 1 rings (SSSR count). The largest absolute Gasteiger partial charge is 0.313 e. The van der Waals surface area contributed by atoms with Gasteiger partial charge in [-0.2, -0.15) is 11.8 Å². The molecule has 0 saturated heterocycles. The fourth-order valence-electron chi connectivity index (χ4n) is 1.85. The minimum absolute atomic E-state index is 0.395. The Morgan fingerprint density at radius 3 is 2.54 bits per heavy atom. The summed E-state index contributed by atoms with van der Waals surface area (Å²) in [4.78, 5) is 0. The highest BCUT2D eigenvalue weighted by molar-refractivity contribution is 7.99. The van der Waals surface area contributed by atoms with Crippen LogP contribution < -0.4 is 5.32 Å². The Kier molecular flexibility index (Phi) is 4.11. The highest BCUT2D eigenvalue weighted by Crippen LogP contribution is 2.26. The van der Waals surface area contributed by atoms with Crippen molar-refractivity contribution >= 4 is 11.8 Å². The van der Waals surface area contributed by atoms with Gasteiger partial charge in [0.05, 0.1) is 0 Å². The highest BCUT2D eigenvalue weighted by Gasteiger charge is 2.23. The van der Waals surface area contributed by atoms with Gasteiger partial charge in [-0.1, -0.05) is 6.92 Å². The molecule has 0 aromatic carbocycles. The molecule has 13 heavy (non-hydrogen) atoms. The maximum Gasteiger partial charge on any atom is 0.0225 e. The monoisotopic (exact) mass is 201 g/mol. The summed E-state index contributed by atoms with van der Waals surface area (Å²) in [7, 11) is 0. The van der Waals surface area contributed by atoms with Gasteiger partial charge in [0, 0.05) is 17.3 Å². The molecule has 1 nitrogen and oxygen atoms in total. The Morgan fingerprint density at radius 2 is 2.08 bits per heavy atom. The van der Waals surface area contributed by atoms with Crippen molar-refractivity contribution in [3.05, 3.63) is 0 Å². The second-order valence-corrected chi connectivity index (χ2v) is 6.47. The number of hydrogen-bond donors (Lipinski definition) is 1. The van der Waals surface area contributed by atoms with Crippen molar-refractivity contribution in [2.75, 3.05) is 12.8 Å². The molecule has 0 heterocycles. The zero-order valence-electron chi connectivity index (χ0n) is 9.39. The number of rotatable bonds is 4. The summed E-state index contributed by atoms with van der Waals surface area (Å²) in [5, 5.41) is 3.68. The minimum Gasteiger partial charge on any atom is -0.313 e. The number of nitrogens with one attached hydrogen (secondary N) is 1. The third-order valence-corrected chi connectivity index (χ3v) is 4.31. The third-order valence-electron chi connectivity index (χ3n) is 3.06. The van der Waals surface area contributed by atoms with Crippen molar-refractivity contribution in [1.82, 2.24) is 5.32 Å². The lowest BCUT2D eigenvalue weighted by atomic mass is 10.1. The molecule has 0 aliphatic heterocycles. The van der Waals surface area contributed by atoms with Gasteiger partial charge >= 0.3 is 0 Å². The molecule has 0 aromatic heterocycles. The molecule has 0 radical (unpaired) electrons. The van der Waals surface area contributed by atoms with E-state index < -0.39 is 0 Å². The van der Waals surface area contributed by atoms with E-state index in [-0.39, 0.29) is 0 Å². The van der Waals surface area contributed by atoms with Gasteiger partial charge in [-0.05, 0) is 45.3 Å². The van der Waals surface area contributed by atoms with Crippen LogP contribution in [0.15, 0.2) is 0 Å². The normalized spacial score (nSPS) is 29.5. The van der Waals surface area contributed by atoms with Crippen LogP contribution in [0.2, 0.25) is 0 Å². The summed E-state index contributed by atoms with van der Waals surface area (Å²) in [6.45, 7) is 8.12. The standard InChI is InChI=1S/C11H23NS/c1-9-5-6-10(7-9)12-8-11(2,3)13-4/h9-10,12H,5-8H2,1-4H3. The van der Waals surface area contributed by atoms with E-state index in [1.165, 1.54) is 19.3 Å². The molecule has 1 saturated carbocycles. The van der Waals surface area contributed by atoms with Crippen molar-refractivity contribution < 1.29 is 0 Å². The molecule has 1 aliphatic rings. The molecule has 78 valence electrons. The molecule has 1 fully saturated rings. The summed E-state index contributed by atoms with van der Waals surface area (Å²) >= 11 is 1.95. The van der Waals surface area contributed by atoms with Crippen LogP contribution in [-0.2, 0) is 0 Å². The van der Waals surface area contributed by atoms with Crippen molar-refractivity contribution in [1.29, 1.82) is 0 Å². The van der Waals surface area contributed by atoms with Crippen molar-refractivity contribution in [2.24, 2.45) is 5.92 Å². The van der Waals surface area contributed by atoms with E-state index in [0.717, 1.165) is 18.5 Å². The molecule has 2 atom stereocenters. The van der Waals surface area contributed by atoms with Gasteiger partial charge in [-0.25, -0.2) is 0 Å². The van der Waals surface area contributed by atoms with E-state index in [9.17, 15) is 0 Å². The van der Waals surface area contributed by atoms with Gasteiger partial charge in [0.15, 0.2) is 0 Å². The van der Waals surface area contributed by atoms with Gasteiger partial charge in [0.2, 0.25) is 0 Å². The van der Waals surface area contributed by atoms with E-state index in [4.69, 9.17) is 0 Å². The molecule has 1 N–H and O–H groups in total. The molecule has 2 unspecified atom stereocenters. The van der Waals surface area contributed by atoms with Gasteiger partial charge in [0.25, 0.3) is 0 Å². The van der Waals surface area contributed by atoms with E-state index >= 15 is 0 Å². The first-order valence-electron chi connectivity index (χ1n) is 5.32. The lowest BCUT2D eigenvalue weighted by Gasteiger charge is -2.25. The molecule has 0 aromatic rings. The Bertz CT molecular complexity index is 156. The highest BCUT2D eigenvalue weighted by atomic mass is 32.2. The Balaban J connectivity index is 2.19. The zero-order valence-corrected chi connectivity index (χ0v) is 10.2. The quantitative estimate of drug-likeness (QED) is 0.750. The fraction of sp³-hybridized carbons (Fsp3) is 1.00. The minimum atomic E-state index is 0.395. The molecular formula is C11H23NS. The molecule has 0 amide bonds. The van der Waals surface area contributed by atoms with Gasteiger partial charge in [-0.3, -0.25) is 0 Å². The van der Waals surface area contributed by atoms with Gasteiger partial charge in [-0.15, -0.1) is 0 Å². The van der Waals surface area contributed by atoms with Crippen LogP contribution in [0.5, 0.6) is 0 Å². The SMILES string of the molecule is CSC(C)(C)CNC1CCC(C)C1. The van der Waals surface area contributed by atoms with E-state index in [1.807, 2.05) is 11.8 Å². The van der Waals surface area contributed by atoms with Crippen LogP contribution in [0.1, 0.15) is 40.0 Å². The van der Waals surface area contributed by atoms with E-state index in [2.05, 4.69) is 32.3 Å². The maximum absolute atomic E-state index is 3.68. The summed E-state index contributed by atoms with van der Waals surface area (Å²) < 4.78 is 0.395. The number of thioether (sulfide) groups is 1. The predicted octanol–water partition coefficient (Wildman–Crippen LogP) is 2.91.